The summed E-state index contributed by atoms with van der Waals surface area (Å²) < 4.78 is 0. The van der Waals surface area contributed by atoms with E-state index >= 15 is 0 Å². The third kappa shape index (κ3) is 14.1. The van der Waals surface area contributed by atoms with E-state index in [4.69, 9.17) is 0 Å². The lowest BCUT2D eigenvalue weighted by molar-refractivity contribution is 0.762. The van der Waals surface area contributed by atoms with Crippen molar-refractivity contribution in [1.82, 2.24) is 15.3 Å². The van der Waals surface area contributed by atoms with Gasteiger partial charge in [-0.05, 0) is 20.0 Å². The Morgan fingerprint density at radius 3 is 1.92 bits per heavy atom. The van der Waals surface area contributed by atoms with Gasteiger partial charge < -0.3 is 10.3 Å². The van der Waals surface area contributed by atoms with Gasteiger partial charge in [0.15, 0.2) is 0 Å². The number of nitrogens with zero attached hydrogens (tertiary/aromatic N) is 1. The predicted octanol–water partition coefficient (Wildman–Crippen LogP) is 2.36. The lowest BCUT2D eigenvalue weighted by Crippen LogP contribution is -2.09. The van der Waals surface area contributed by atoms with Crippen molar-refractivity contribution in [2.75, 3.05) is 13.1 Å². The number of hydrogen-bond donors (Lipinski definition) is 2. The van der Waals surface area contributed by atoms with Crippen molar-refractivity contribution in [3.05, 3.63) is 18.2 Å². The zero-order valence-corrected chi connectivity index (χ0v) is 9.52. The van der Waals surface area contributed by atoms with Crippen LogP contribution in [0.4, 0.5) is 0 Å². The third-order valence-corrected chi connectivity index (χ3v) is 1.13. The number of imidazole rings is 1. The van der Waals surface area contributed by atoms with Crippen molar-refractivity contribution in [2.24, 2.45) is 0 Å². The van der Waals surface area contributed by atoms with Crippen LogP contribution in [0.25, 0.3) is 0 Å². The summed E-state index contributed by atoms with van der Waals surface area (Å²) in [4.78, 5) is 6.66. The molecule has 0 aliphatic heterocycles. The van der Waals surface area contributed by atoms with Crippen molar-refractivity contribution >= 4 is 0 Å². The Hall–Kier alpha value is -0.830. The number of aromatic nitrogens is 2. The van der Waals surface area contributed by atoms with E-state index in [2.05, 4.69) is 29.1 Å². The average Bonchev–Trinajstić information content (AvgIpc) is 2.62. The molecular weight excluding hydrogens is 162 g/mol. The molecule has 0 aliphatic rings. The maximum Gasteiger partial charge on any atom is 0.0921 e. The molecule has 0 radical (unpaired) electrons. The first-order valence-electron chi connectivity index (χ1n) is 4.97. The van der Waals surface area contributed by atoms with Gasteiger partial charge in [-0.2, -0.15) is 0 Å². The topological polar surface area (TPSA) is 40.7 Å². The fraction of sp³-hybridized carbons (Fsp3) is 0.700. The van der Waals surface area contributed by atoms with Gasteiger partial charge in [-0.3, -0.25) is 0 Å². The van der Waals surface area contributed by atoms with E-state index in [1.54, 1.807) is 12.5 Å². The van der Waals surface area contributed by atoms with Gasteiger partial charge in [0.2, 0.25) is 0 Å². The lowest BCUT2D eigenvalue weighted by Gasteiger charge is -1.86. The number of nitrogens with one attached hydrogen (secondary N) is 2. The van der Waals surface area contributed by atoms with Crippen LogP contribution in [0.15, 0.2) is 12.5 Å². The first-order valence-corrected chi connectivity index (χ1v) is 4.97. The van der Waals surface area contributed by atoms with E-state index in [-0.39, 0.29) is 0 Å². The van der Waals surface area contributed by atoms with Gasteiger partial charge in [0.25, 0.3) is 0 Å². The quantitative estimate of drug-likeness (QED) is 0.742. The molecule has 2 N–H and O–H groups in total. The number of hydrogen-bond acceptors (Lipinski definition) is 2. The van der Waals surface area contributed by atoms with Crippen molar-refractivity contribution in [1.29, 1.82) is 0 Å². The average molecular weight is 185 g/mol. The van der Waals surface area contributed by atoms with Gasteiger partial charge in [-0.15, -0.1) is 0 Å². The summed E-state index contributed by atoms with van der Waals surface area (Å²) in [7, 11) is 0. The van der Waals surface area contributed by atoms with Crippen molar-refractivity contribution in [3.8, 4) is 0 Å². The summed E-state index contributed by atoms with van der Waals surface area (Å²) >= 11 is 0. The van der Waals surface area contributed by atoms with Crippen LogP contribution < -0.4 is 5.32 Å². The van der Waals surface area contributed by atoms with Crippen LogP contribution >= 0.6 is 0 Å². The first kappa shape index (κ1) is 14.7. The van der Waals surface area contributed by atoms with Gasteiger partial charge >= 0.3 is 0 Å². The highest BCUT2D eigenvalue weighted by molar-refractivity contribution is 4.87. The summed E-state index contributed by atoms with van der Waals surface area (Å²) in [5.74, 6) is 0. The van der Waals surface area contributed by atoms with Crippen LogP contribution in [0.2, 0.25) is 0 Å². The molecule has 0 atom stereocenters. The number of H-pyrrole nitrogens is 1. The molecule has 0 fully saturated rings. The van der Waals surface area contributed by atoms with Crippen LogP contribution in [-0.2, 0) is 0 Å². The highest BCUT2D eigenvalue weighted by Crippen LogP contribution is 1.81. The Labute approximate surface area is 82.0 Å². The molecule has 0 aliphatic carbocycles. The SMILES string of the molecule is CC.CCNCC.Cc1cnc[nH]1. The highest BCUT2D eigenvalue weighted by Gasteiger charge is 1.73. The standard InChI is InChI=1S/C4H6N2.C4H11N.C2H6/c1-4-2-5-3-6-4;1-3-5-4-2;1-2/h2-3H,1H3,(H,5,6);5H,3-4H2,1-2H3;1-2H3. The van der Waals surface area contributed by atoms with Crippen molar-refractivity contribution in [3.63, 3.8) is 0 Å². The van der Waals surface area contributed by atoms with Gasteiger partial charge in [-0.1, -0.05) is 27.7 Å². The van der Waals surface area contributed by atoms with E-state index in [0.717, 1.165) is 18.8 Å². The minimum absolute atomic E-state index is 1.09. The van der Waals surface area contributed by atoms with Gasteiger partial charge in [0.05, 0.1) is 6.33 Å². The molecule has 3 nitrogen and oxygen atoms in total. The molecule has 0 bridgehead atoms. The zero-order chi connectivity index (χ0) is 10.5. The molecule has 3 heteroatoms. The minimum Gasteiger partial charge on any atom is -0.349 e. The maximum absolute atomic E-state index is 3.77. The van der Waals surface area contributed by atoms with E-state index < -0.39 is 0 Å². The molecular formula is C10H23N3. The molecule has 1 heterocycles. The normalized spacial score (nSPS) is 7.77. The Balaban J connectivity index is 0. The Morgan fingerprint density at radius 1 is 1.31 bits per heavy atom. The van der Waals surface area contributed by atoms with Crippen molar-refractivity contribution in [2.45, 2.75) is 34.6 Å². The van der Waals surface area contributed by atoms with Crippen LogP contribution in [-0.4, -0.2) is 23.1 Å². The summed E-state index contributed by atoms with van der Waals surface area (Å²) in [6.45, 7) is 12.4. The summed E-state index contributed by atoms with van der Waals surface area (Å²) in [6.07, 6.45) is 3.44. The van der Waals surface area contributed by atoms with Crippen LogP contribution in [0, 0.1) is 6.92 Å². The molecule has 1 aromatic heterocycles. The monoisotopic (exact) mass is 185 g/mol. The molecule has 0 amide bonds. The molecule has 0 saturated heterocycles. The number of aryl methyl sites for hydroxylation is 1. The van der Waals surface area contributed by atoms with Gasteiger partial charge in [0, 0.05) is 11.9 Å². The molecule has 0 saturated carbocycles. The smallest absolute Gasteiger partial charge is 0.0921 e. The van der Waals surface area contributed by atoms with Gasteiger partial charge in [0.1, 0.15) is 0 Å². The second kappa shape index (κ2) is 13.7. The van der Waals surface area contributed by atoms with E-state index in [1.165, 1.54) is 0 Å². The molecule has 1 aromatic rings. The lowest BCUT2D eigenvalue weighted by atomic mass is 10.6. The third-order valence-electron chi connectivity index (χ3n) is 1.13. The van der Waals surface area contributed by atoms with E-state index in [9.17, 15) is 0 Å². The van der Waals surface area contributed by atoms with Crippen LogP contribution in [0.5, 0.6) is 0 Å². The minimum atomic E-state index is 1.09. The van der Waals surface area contributed by atoms with Gasteiger partial charge in [-0.25, -0.2) is 4.98 Å². The largest absolute Gasteiger partial charge is 0.349 e. The fourth-order valence-corrected chi connectivity index (χ4v) is 0.575. The van der Waals surface area contributed by atoms with Crippen molar-refractivity contribution < 1.29 is 0 Å². The molecule has 0 aromatic carbocycles. The van der Waals surface area contributed by atoms with E-state index in [1.807, 2.05) is 20.8 Å². The molecule has 78 valence electrons. The molecule has 1 rings (SSSR count). The van der Waals surface area contributed by atoms with Crippen LogP contribution in [0.3, 0.4) is 0 Å². The molecule has 0 unspecified atom stereocenters. The Kier molecular flexibility index (Phi) is 15.5. The summed E-state index contributed by atoms with van der Waals surface area (Å²) in [6, 6.07) is 0. The number of rotatable bonds is 2. The molecule has 13 heavy (non-hydrogen) atoms. The first-order chi connectivity index (χ1) is 6.31. The zero-order valence-electron chi connectivity index (χ0n) is 9.52. The highest BCUT2D eigenvalue weighted by atomic mass is 14.8. The second-order valence-electron chi connectivity index (χ2n) is 2.19. The Morgan fingerprint density at radius 2 is 1.85 bits per heavy atom. The molecule has 0 spiro atoms. The maximum atomic E-state index is 3.77. The predicted molar refractivity (Wildman–Crippen MR) is 58.9 cm³/mol. The number of aromatic amines is 1. The Bertz CT molecular complexity index is 145. The fourth-order valence-electron chi connectivity index (χ4n) is 0.575. The second-order valence-corrected chi connectivity index (χ2v) is 2.19. The van der Waals surface area contributed by atoms with E-state index in [0.29, 0.717) is 0 Å². The van der Waals surface area contributed by atoms with Crippen LogP contribution in [0.1, 0.15) is 33.4 Å². The summed E-state index contributed by atoms with van der Waals surface area (Å²) in [5, 5.41) is 3.11. The summed E-state index contributed by atoms with van der Waals surface area (Å²) in [5.41, 5.74) is 1.11.